The Morgan fingerprint density at radius 2 is 1.93 bits per heavy atom. The molecule has 224 valence electrons. The highest BCUT2D eigenvalue weighted by molar-refractivity contribution is 6.36. The first-order valence-electron chi connectivity index (χ1n) is 15.6. The summed E-state index contributed by atoms with van der Waals surface area (Å²) in [5.74, 6) is 1.12. The number of fused-ring (bicyclic) bond motifs is 3. The molecule has 43 heavy (non-hydrogen) atoms. The molecule has 5 heterocycles. The Bertz CT molecular complexity index is 1610. The van der Waals surface area contributed by atoms with Gasteiger partial charge in [-0.05, 0) is 69.3 Å². The molecule has 0 spiro atoms. The lowest BCUT2D eigenvalue weighted by molar-refractivity contribution is -0.408. The number of rotatable bonds is 7. The van der Waals surface area contributed by atoms with Crippen LogP contribution in [-0.4, -0.2) is 87.9 Å². The highest BCUT2D eigenvalue weighted by Crippen LogP contribution is 2.40. The zero-order valence-corrected chi connectivity index (χ0v) is 25.9. The van der Waals surface area contributed by atoms with E-state index in [1.54, 1.807) is 0 Å². The van der Waals surface area contributed by atoms with Crippen molar-refractivity contribution in [2.24, 2.45) is 5.92 Å². The van der Waals surface area contributed by atoms with Crippen LogP contribution in [0.4, 0.5) is 11.5 Å². The van der Waals surface area contributed by atoms with E-state index in [0.717, 1.165) is 64.6 Å². The fraction of sp³-hybridized carbons (Fsp3) is 0.471. The Kier molecular flexibility index (Phi) is 7.38. The summed E-state index contributed by atoms with van der Waals surface area (Å²) >= 11 is 6.72. The van der Waals surface area contributed by atoms with E-state index in [4.69, 9.17) is 26.3 Å². The molecule has 3 saturated heterocycles. The number of hydrogen-bond donors (Lipinski definition) is 0. The molecule has 4 aliphatic heterocycles. The number of amides is 1. The van der Waals surface area contributed by atoms with E-state index in [1.807, 2.05) is 17.0 Å². The summed E-state index contributed by atoms with van der Waals surface area (Å²) in [6.45, 7) is 10.8. The second-order valence-corrected chi connectivity index (χ2v) is 13.0. The molecule has 2 atom stereocenters. The molecule has 4 aliphatic rings. The van der Waals surface area contributed by atoms with Gasteiger partial charge < -0.3 is 14.5 Å². The van der Waals surface area contributed by atoms with Crippen LogP contribution < -0.4 is 9.64 Å². The number of hydrogen-bond acceptors (Lipinski definition) is 6. The molecule has 3 fully saturated rings. The quantitative estimate of drug-likeness (QED) is 0.211. The van der Waals surface area contributed by atoms with Crippen LogP contribution in [-0.2, 0) is 17.8 Å². The molecule has 0 saturated carbocycles. The molecule has 8 nitrogen and oxygen atoms in total. The molecule has 9 heteroatoms. The van der Waals surface area contributed by atoms with E-state index >= 15 is 0 Å². The number of benzene rings is 2. The molecule has 0 radical (unpaired) electrons. The molecule has 7 rings (SSSR count). The third-order valence-corrected chi connectivity index (χ3v) is 10.5. The van der Waals surface area contributed by atoms with Crippen LogP contribution in [0.2, 0.25) is 5.02 Å². The van der Waals surface area contributed by atoms with Crippen molar-refractivity contribution in [3.63, 3.8) is 0 Å². The van der Waals surface area contributed by atoms with Crippen molar-refractivity contribution in [1.29, 1.82) is 0 Å². The first-order chi connectivity index (χ1) is 20.9. The summed E-state index contributed by atoms with van der Waals surface area (Å²) < 4.78 is 8.63. The van der Waals surface area contributed by atoms with Crippen LogP contribution in [0.1, 0.15) is 43.9 Å². The first-order valence-corrected chi connectivity index (χ1v) is 16.0. The van der Waals surface area contributed by atoms with Crippen molar-refractivity contribution >= 4 is 46.0 Å². The number of likely N-dealkylation sites (tertiary alicyclic amines) is 1. The Morgan fingerprint density at radius 3 is 2.67 bits per heavy atom. The van der Waals surface area contributed by atoms with Gasteiger partial charge in [0.25, 0.3) is 0 Å². The lowest BCUT2D eigenvalue weighted by atomic mass is 9.90. The second-order valence-electron chi connectivity index (χ2n) is 12.6. The van der Waals surface area contributed by atoms with E-state index in [-0.39, 0.29) is 23.4 Å². The molecule has 1 aromatic heterocycles. The number of halogens is 1. The Morgan fingerprint density at radius 1 is 1.16 bits per heavy atom. The number of nitrogens with zero attached hydrogens (tertiary/aromatic N) is 6. The van der Waals surface area contributed by atoms with Gasteiger partial charge in [-0.1, -0.05) is 42.4 Å². The first kappa shape index (κ1) is 28.3. The van der Waals surface area contributed by atoms with Crippen LogP contribution in [0, 0.1) is 5.92 Å². The summed E-state index contributed by atoms with van der Waals surface area (Å²) in [5, 5.41) is 2.97. The van der Waals surface area contributed by atoms with E-state index in [9.17, 15) is 4.79 Å². The van der Waals surface area contributed by atoms with Crippen LogP contribution in [0.15, 0.2) is 49.1 Å². The van der Waals surface area contributed by atoms with E-state index in [0.29, 0.717) is 25.7 Å². The van der Waals surface area contributed by atoms with Gasteiger partial charge in [-0.25, -0.2) is 4.58 Å². The van der Waals surface area contributed by atoms with Crippen molar-refractivity contribution in [3.8, 4) is 6.01 Å². The summed E-state index contributed by atoms with van der Waals surface area (Å²) in [6.07, 6.45) is 9.21. The minimum Gasteiger partial charge on any atom is -0.443 e. The normalized spacial score (nSPS) is 23.2. The van der Waals surface area contributed by atoms with Crippen molar-refractivity contribution in [3.05, 3.63) is 65.3 Å². The second kappa shape index (κ2) is 11.2. The van der Waals surface area contributed by atoms with Gasteiger partial charge in [-0.3, -0.25) is 9.69 Å². The molecule has 2 aromatic carbocycles. The molecule has 1 unspecified atom stereocenters. The zero-order chi connectivity index (χ0) is 29.7. The number of carbonyl (C=O) groups is 1. The number of carbonyl (C=O) groups excluding carboxylic acids is 1. The maximum Gasteiger partial charge on any atom is 0.434 e. The van der Waals surface area contributed by atoms with Gasteiger partial charge in [0.05, 0.1) is 47.5 Å². The van der Waals surface area contributed by atoms with E-state index < -0.39 is 0 Å². The van der Waals surface area contributed by atoms with Gasteiger partial charge in [0, 0.05) is 41.6 Å². The Hall–Kier alpha value is -3.49. The maximum absolute atomic E-state index is 12.2. The van der Waals surface area contributed by atoms with Crippen molar-refractivity contribution in [2.45, 2.75) is 57.2 Å². The summed E-state index contributed by atoms with van der Waals surface area (Å²) in [7, 11) is 2.06. The molecule has 0 N–H and O–H groups in total. The van der Waals surface area contributed by atoms with Crippen molar-refractivity contribution in [2.75, 3.05) is 44.7 Å². The molecule has 1 amide bonds. The van der Waals surface area contributed by atoms with Gasteiger partial charge in [0.2, 0.25) is 5.91 Å². The zero-order valence-electron chi connectivity index (χ0n) is 25.1. The fourth-order valence-electron chi connectivity index (χ4n) is 7.73. The highest BCUT2D eigenvalue weighted by atomic mass is 35.5. The van der Waals surface area contributed by atoms with Crippen LogP contribution >= 0.6 is 11.6 Å². The molecular weight excluding hydrogens is 560 g/mol. The number of anilines is 1. The predicted molar refractivity (Wildman–Crippen MR) is 171 cm³/mol. The van der Waals surface area contributed by atoms with E-state index in [1.165, 1.54) is 31.8 Å². The fourth-order valence-corrected chi connectivity index (χ4v) is 8.01. The average molecular weight is 600 g/mol. The predicted octanol–water partition coefficient (Wildman–Crippen LogP) is 5.23. The lowest BCUT2D eigenvalue weighted by Crippen LogP contribution is -2.57. The third-order valence-electron chi connectivity index (χ3n) is 10.2. The summed E-state index contributed by atoms with van der Waals surface area (Å²) in [6, 6.07) is 13.0. The third kappa shape index (κ3) is 4.98. The van der Waals surface area contributed by atoms with E-state index in [2.05, 4.69) is 65.4 Å². The topological polar surface area (TPSA) is 64.8 Å². The molecule has 3 aromatic rings. The minimum atomic E-state index is -0.0178. The summed E-state index contributed by atoms with van der Waals surface area (Å²) in [5.41, 5.74) is 3.39. The highest BCUT2D eigenvalue weighted by Gasteiger charge is 2.45. The van der Waals surface area contributed by atoms with Gasteiger partial charge >= 0.3 is 11.8 Å². The molecule has 0 aliphatic carbocycles. The van der Waals surface area contributed by atoms with Gasteiger partial charge in [-0.15, -0.1) is 0 Å². The van der Waals surface area contributed by atoms with Gasteiger partial charge in [-0.2, -0.15) is 4.98 Å². The maximum atomic E-state index is 12.2. The van der Waals surface area contributed by atoms with Crippen LogP contribution in [0.5, 0.6) is 6.01 Å². The van der Waals surface area contributed by atoms with Gasteiger partial charge in [0.1, 0.15) is 6.61 Å². The monoisotopic (exact) mass is 599 g/mol. The largest absolute Gasteiger partial charge is 0.443 e. The lowest BCUT2D eigenvalue weighted by Gasteiger charge is -2.43. The van der Waals surface area contributed by atoms with Crippen molar-refractivity contribution in [1.82, 2.24) is 19.8 Å². The Labute approximate surface area is 258 Å². The number of ether oxygens (including phenoxy) is 1. The molecule has 0 bridgehead atoms. The van der Waals surface area contributed by atoms with Crippen LogP contribution in [0.3, 0.4) is 0 Å². The SMILES string of the molecule is C=CC(=O)N1CC(C=[N+](C)c2nc(OCC34CCCN3CCC4)nc3c2CCN(c2cccc4cccc(Cl)c24)C3)[C@H]1C. The Balaban J connectivity index is 1.22. The average Bonchev–Trinajstić information content (AvgIpc) is 3.61. The molecular formula is C34H40ClN6O2+. The number of aromatic nitrogens is 2. The minimum absolute atomic E-state index is 0.0178. The van der Waals surface area contributed by atoms with Crippen molar-refractivity contribution < 1.29 is 14.1 Å². The smallest absolute Gasteiger partial charge is 0.434 e. The van der Waals surface area contributed by atoms with Gasteiger partial charge in [0.15, 0.2) is 0 Å². The summed E-state index contributed by atoms with van der Waals surface area (Å²) in [4.78, 5) is 29.1. The standard InChI is InChI=1S/C34H40ClN6O2/c1-4-30(42)41-20-25(23(41)2)19-38(3)32-26-13-18-39(29-12-6-10-24-9-5-11-27(35)31(24)29)21-28(26)36-33(37-32)43-22-34-14-7-16-40(34)17-8-15-34/h4-6,9-12,19,23,25H,1,7-8,13-18,20-22H2,2-3H3/q+1/t23-,25?/m1/s1. The van der Waals surface area contributed by atoms with Crippen LogP contribution in [0.25, 0.3) is 10.8 Å².